The average Bonchev–Trinajstić information content (AvgIpc) is 2.86. The number of carbonyl (C=O) groups excluding carboxylic acids is 1. The highest BCUT2D eigenvalue weighted by Crippen LogP contribution is 2.15. The predicted molar refractivity (Wildman–Crippen MR) is 89.5 cm³/mol. The van der Waals surface area contributed by atoms with E-state index in [-0.39, 0.29) is 5.91 Å². The van der Waals surface area contributed by atoms with E-state index in [4.69, 9.17) is 0 Å². The first-order chi connectivity index (χ1) is 10.2. The molecule has 2 rings (SSSR count). The minimum absolute atomic E-state index is 0.00205. The Labute approximate surface area is 134 Å². The van der Waals surface area contributed by atoms with E-state index < -0.39 is 0 Å². The van der Waals surface area contributed by atoms with Crippen LogP contribution in [-0.2, 0) is 13.0 Å². The van der Waals surface area contributed by atoms with Crippen molar-refractivity contribution in [3.8, 4) is 0 Å². The minimum atomic E-state index is 0.00205. The molecule has 1 aromatic heterocycles. The summed E-state index contributed by atoms with van der Waals surface area (Å²) in [6, 6.07) is 12.2. The summed E-state index contributed by atoms with van der Waals surface area (Å²) in [4.78, 5) is 12.2. The second-order valence-electron chi connectivity index (χ2n) is 5.08. The molecular formula is C17H21BrN2O. The van der Waals surface area contributed by atoms with Crippen molar-refractivity contribution in [2.24, 2.45) is 0 Å². The molecule has 2 aromatic rings. The van der Waals surface area contributed by atoms with E-state index in [1.54, 1.807) is 0 Å². The third kappa shape index (κ3) is 4.74. The molecule has 112 valence electrons. The first-order valence-corrected chi connectivity index (χ1v) is 8.18. The summed E-state index contributed by atoms with van der Waals surface area (Å²) >= 11 is 3.43. The molecule has 0 unspecified atom stereocenters. The molecule has 0 aliphatic heterocycles. The maximum Gasteiger partial charge on any atom is 0.267 e. The van der Waals surface area contributed by atoms with Gasteiger partial charge in [0.15, 0.2) is 0 Å². The molecule has 0 atom stereocenters. The van der Waals surface area contributed by atoms with Gasteiger partial charge in [0, 0.05) is 23.8 Å². The Hall–Kier alpha value is -1.55. The Morgan fingerprint density at radius 3 is 2.76 bits per heavy atom. The summed E-state index contributed by atoms with van der Waals surface area (Å²) in [5.74, 6) is 0.00205. The van der Waals surface area contributed by atoms with Crippen molar-refractivity contribution >= 4 is 21.8 Å². The number of halogens is 1. The standard InChI is InChI=1S/C17H21BrN2O/c1-2-11-20-13-15(18)12-16(20)17(21)19-10-6-9-14-7-4-3-5-8-14/h3-5,7-8,12-13H,2,6,9-11H2,1H3,(H,19,21). The molecule has 3 nitrogen and oxygen atoms in total. The van der Waals surface area contributed by atoms with Crippen LogP contribution in [0.3, 0.4) is 0 Å². The highest BCUT2D eigenvalue weighted by molar-refractivity contribution is 9.10. The van der Waals surface area contributed by atoms with Crippen LogP contribution in [0.15, 0.2) is 47.1 Å². The Morgan fingerprint density at radius 1 is 1.29 bits per heavy atom. The lowest BCUT2D eigenvalue weighted by molar-refractivity contribution is 0.0944. The van der Waals surface area contributed by atoms with Gasteiger partial charge in [-0.05, 0) is 46.8 Å². The van der Waals surface area contributed by atoms with Crippen molar-refractivity contribution in [3.05, 3.63) is 58.3 Å². The SMILES string of the molecule is CCCn1cc(Br)cc1C(=O)NCCCc1ccccc1. The zero-order valence-corrected chi connectivity index (χ0v) is 13.9. The van der Waals surface area contributed by atoms with Gasteiger partial charge in [-0.1, -0.05) is 37.3 Å². The monoisotopic (exact) mass is 348 g/mol. The zero-order chi connectivity index (χ0) is 15.1. The second-order valence-corrected chi connectivity index (χ2v) is 6.00. The van der Waals surface area contributed by atoms with Crippen molar-refractivity contribution in [2.75, 3.05) is 6.54 Å². The fraction of sp³-hybridized carbons (Fsp3) is 0.353. The predicted octanol–water partition coefficient (Wildman–Crippen LogP) is 4.02. The van der Waals surface area contributed by atoms with Gasteiger partial charge in [-0.25, -0.2) is 0 Å². The van der Waals surface area contributed by atoms with Crippen LogP contribution in [0.2, 0.25) is 0 Å². The first-order valence-electron chi connectivity index (χ1n) is 7.38. The van der Waals surface area contributed by atoms with Crippen molar-refractivity contribution < 1.29 is 4.79 Å². The van der Waals surface area contributed by atoms with E-state index in [0.717, 1.165) is 36.0 Å². The van der Waals surface area contributed by atoms with Gasteiger partial charge in [0.05, 0.1) is 0 Å². The van der Waals surface area contributed by atoms with Crippen LogP contribution in [0.5, 0.6) is 0 Å². The van der Waals surface area contributed by atoms with Crippen LogP contribution in [0.1, 0.15) is 35.8 Å². The summed E-state index contributed by atoms with van der Waals surface area (Å²) in [6.45, 7) is 3.66. The van der Waals surface area contributed by atoms with Crippen LogP contribution < -0.4 is 5.32 Å². The number of rotatable bonds is 7. The molecule has 0 aliphatic carbocycles. The number of carbonyl (C=O) groups is 1. The van der Waals surface area contributed by atoms with Gasteiger partial charge in [-0.15, -0.1) is 0 Å². The van der Waals surface area contributed by atoms with Gasteiger partial charge >= 0.3 is 0 Å². The maximum atomic E-state index is 12.2. The molecule has 0 fully saturated rings. The number of hydrogen-bond donors (Lipinski definition) is 1. The molecule has 0 saturated heterocycles. The smallest absolute Gasteiger partial charge is 0.267 e. The van der Waals surface area contributed by atoms with Crippen molar-refractivity contribution in [3.63, 3.8) is 0 Å². The van der Waals surface area contributed by atoms with E-state index in [9.17, 15) is 4.79 Å². The van der Waals surface area contributed by atoms with Gasteiger partial charge in [0.1, 0.15) is 5.69 Å². The van der Waals surface area contributed by atoms with E-state index in [1.807, 2.05) is 35.0 Å². The Morgan fingerprint density at radius 2 is 2.05 bits per heavy atom. The summed E-state index contributed by atoms with van der Waals surface area (Å²) in [7, 11) is 0. The normalized spacial score (nSPS) is 10.6. The zero-order valence-electron chi connectivity index (χ0n) is 12.3. The number of hydrogen-bond acceptors (Lipinski definition) is 1. The highest BCUT2D eigenvalue weighted by Gasteiger charge is 2.11. The molecule has 1 amide bonds. The number of nitrogens with one attached hydrogen (secondary N) is 1. The number of nitrogens with zero attached hydrogens (tertiary/aromatic N) is 1. The van der Waals surface area contributed by atoms with E-state index in [1.165, 1.54) is 5.56 Å². The lowest BCUT2D eigenvalue weighted by Crippen LogP contribution is -2.27. The van der Waals surface area contributed by atoms with Crippen LogP contribution in [0, 0.1) is 0 Å². The molecule has 0 aliphatic rings. The second kappa shape index (κ2) is 8.03. The number of benzene rings is 1. The van der Waals surface area contributed by atoms with Gasteiger partial charge in [0.2, 0.25) is 0 Å². The van der Waals surface area contributed by atoms with Gasteiger partial charge in [-0.2, -0.15) is 0 Å². The number of aryl methyl sites for hydroxylation is 2. The molecule has 0 bridgehead atoms. The Kier molecular flexibility index (Phi) is 6.05. The van der Waals surface area contributed by atoms with Crippen molar-refractivity contribution in [1.29, 1.82) is 0 Å². The van der Waals surface area contributed by atoms with Crippen molar-refractivity contribution in [1.82, 2.24) is 9.88 Å². The molecule has 4 heteroatoms. The summed E-state index contributed by atoms with van der Waals surface area (Å²) in [5, 5.41) is 3.00. The molecule has 1 heterocycles. The molecule has 0 spiro atoms. The largest absolute Gasteiger partial charge is 0.351 e. The highest BCUT2D eigenvalue weighted by atomic mass is 79.9. The van der Waals surface area contributed by atoms with E-state index in [0.29, 0.717) is 6.54 Å². The van der Waals surface area contributed by atoms with Crippen LogP contribution >= 0.6 is 15.9 Å². The summed E-state index contributed by atoms with van der Waals surface area (Å²) in [5.41, 5.74) is 2.03. The molecule has 0 radical (unpaired) electrons. The van der Waals surface area contributed by atoms with Gasteiger partial charge < -0.3 is 9.88 Å². The maximum absolute atomic E-state index is 12.2. The Balaban J connectivity index is 1.82. The van der Waals surface area contributed by atoms with E-state index in [2.05, 4.69) is 40.3 Å². The lowest BCUT2D eigenvalue weighted by Gasteiger charge is -2.08. The molecule has 21 heavy (non-hydrogen) atoms. The quantitative estimate of drug-likeness (QED) is 0.753. The summed E-state index contributed by atoms with van der Waals surface area (Å²) < 4.78 is 2.95. The third-order valence-corrected chi connectivity index (χ3v) is 3.76. The van der Waals surface area contributed by atoms with Crippen molar-refractivity contribution in [2.45, 2.75) is 32.7 Å². The topological polar surface area (TPSA) is 34.0 Å². The minimum Gasteiger partial charge on any atom is -0.351 e. The first kappa shape index (κ1) is 15.8. The third-order valence-electron chi connectivity index (χ3n) is 3.33. The van der Waals surface area contributed by atoms with Crippen LogP contribution in [0.4, 0.5) is 0 Å². The summed E-state index contributed by atoms with van der Waals surface area (Å²) in [6.07, 6.45) is 4.91. The molecular weight excluding hydrogens is 328 g/mol. The molecule has 1 N–H and O–H groups in total. The number of aromatic nitrogens is 1. The van der Waals surface area contributed by atoms with Gasteiger partial charge in [-0.3, -0.25) is 4.79 Å². The van der Waals surface area contributed by atoms with Gasteiger partial charge in [0.25, 0.3) is 5.91 Å². The Bertz CT molecular complexity index is 578. The average molecular weight is 349 g/mol. The number of amides is 1. The fourth-order valence-electron chi connectivity index (χ4n) is 2.32. The fourth-order valence-corrected chi connectivity index (χ4v) is 2.78. The van der Waals surface area contributed by atoms with E-state index >= 15 is 0 Å². The molecule has 0 saturated carbocycles. The lowest BCUT2D eigenvalue weighted by atomic mass is 10.1. The van der Waals surface area contributed by atoms with Crippen LogP contribution in [0.25, 0.3) is 0 Å². The van der Waals surface area contributed by atoms with Crippen LogP contribution in [-0.4, -0.2) is 17.0 Å². The molecule has 1 aromatic carbocycles.